The molecular formula is C29H44O5. The molecule has 5 atom stereocenters. The van der Waals surface area contributed by atoms with Crippen LogP contribution in [-0.4, -0.2) is 34.9 Å². The van der Waals surface area contributed by atoms with Gasteiger partial charge in [0, 0.05) is 33.1 Å². The van der Waals surface area contributed by atoms with Crippen molar-refractivity contribution >= 4 is 11.9 Å². The number of ether oxygens (including phenoxy) is 2. The van der Waals surface area contributed by atoms with Crippen molar-refractivity contribution in [3.05, 3.63) is 23.3 Å². The molecule has 0 heterocycles. The molecule has 5 nitrogen and oxygen atoms in total. The minimum Gasteiger partial charge on any atom is -0.462 e. The number of carbonyl (C=O) groups excluding carboxylic acids is 2. The fourth-order valence-corrected chi connectivity index (χ4v) is 8.05. The first kappa shape index (κ1) is 25.5. The molecule has 0 aliphatic heterocycles. The first-order chi connectivity index (χ1) is 15.9. The molecule has 4 aliphatic carbocycles. The maximum absolute atomic E-state index is 11.5. The minimum absolute atomic E-state index is 0.232. The van der Waals surface area contributed by atoms with Gasteiger partial charge in [-0.05, 0) is 87.9 Å². The van der Waals surface area contributed by atoms with Crippen LogP contribution in [0.3, 0.4) is 0 Å². The van der Waals surface area contributed by atoms with Crippen LogP contribution in [0.25, 0.3) is 0 Å². The van der Waals surface area contributed by atoms with Gasteiger partial charge in [0.15, 0.2) is 0 Å². The summed E-state index contributed by atoms with van der Waals surface area (Å²) >= 11 is 0. The summed E-state index contributed by atoms with van der Waals surface area (Å²) < 4.78 is 11.0. The molecule has 0 saturated heterocycles. The highest BCUT2D eigenvalue weighted by Crippen LogP contribution is 2.70. The third kappa shape index (κ3) is 5.61. The molecule has 5 heteroatoms. The lowest BCUT2D eigenvalue weighted by molar-refractivity contribution is -0.154. The van der Waals surface area contributed by atoms with Crippen molar-refractivity contribution in [3.8, 4) is 0 Å². The van der Waals surface area contributed by atoms with Crippen LogP contribution in [0.1, 0.15) is 105 Å². The molecule has 4 fully saturated rings. The normalized spacial score (nSPS) is 37.4. The molecule has 1 N–H and O–H groups in total. The fourth-order valence-electron chi connectivity index (χ4n) is 8.05. The summed E-state index contributed by atoms with van der Waals surface area (Å²) in [5.74, 6) is 0.737. The number of esters is 2. The summed E-state index contributed by atoms with van der Waals surface area (Å²) in [6.45, 7) is 9.33. The molecule has 0 spiro atoms. The number of allylic oxidation sites excluding steroid dienone is 3. The Balaban J connectivity index is 1.52. The lowest BCUT2D eigenvalue weighted by atomic mass is 9.59. The van der Waals surface area contributed by atoms with Crippen LogP contribution >= 0.6 is 0 Å². The lowest BCUT2D eigenvalue weighted by Gasteiger charge is -2.46. The lowest BCUT2D eigenvalue weighted by Crippen LogP contribution is -2.39. The fraction of sp³-hybridized carbons (Fsp3) is 0.793. The Labute approximate surface area is 205 Å². The number of aliphatic hydroxyl groups is 1. The molecule has 4 rings (SSSR count). The van der Waals surface area contributed by atoms with Crippen molar-refractivity contribution in [2.45, 2.75) is 123 Å². The van der Waals surface area contributed by atoms with Gasteiger partial charge in [0.1, 0.15) is 12.2 Å². The van der Waals surface area contributed by atoms with Gasteiger partial charge in [0.25, 0.3) is 0 Å². The minimum atomic E-state index is -0.597. The number of fused-ring (bicyclic) bond motifs is 1. The summed E-state index contributed by atoms with van der Waals surface area (Å²) in [4.78, 5) is 23.1. The van der Waals surface area contributed by atoms with Crippen LogP contribution in [0, 0.1) is 22.7 Å². The van der Waals surface area contributed by atoms with Crippen LogP contribution in [0.5, 0.6) is 0 Å². The van der Waals surface area contributed by atoms with Crippen molar-refractivity contribution < 1.29 is 24.2 Å². The zero-order chi connectivity index (χ0) is 24.7. The average molecular weight is 473 g/mol. The third-order valence-corrected chi connectivity index (χ3v) is 9.08. The van der Waals surface area contributed by atoms with Gasteiger partial charge < -0.3 is 14.6 Å². The molecule has 4 saturated carbocycles. The van der Waals surface area contributed by atoms with E-state index >= 15 is 0 Å². The van der Waals surface area contributed by atoms with Gasteiger partial charge in [0.2, 0.25) is 0 Å². The van der Waals surface area contributed by atoms with Gasteiger partial charge in [-0.25, -0.2) is 0 Å². The molecule has 3 unspecified atom stereocenters. The summed E-state index contributed by atoms with van der Waals surface area (Å²) in [6.07, 6.45) is 15.7. The van der Waals surface area contributed by atoms with Gasteiger partial charge >= 0.3 is 11.9 Å². The Morgan fingerprint density at radius 3 is 2.18 bits per heavy atom. The van der Waals surface area contributed by atoms with E-state index in [-0.39, 0.29) is 24.1 Å². The Morgan fingerprint density at radius 1 is 1.03 bits per heavy atom. The van der Waals surface area contributed by atoms with Crippen LogP contribution in [-0.2, 0) is 19.1 Å². The van der Waals surface area contributed by atoms with Gasteiger partial charge in [-0.15, -0.1) is 0 Å². The number of rotatable bonds is 6. The number of hydrogen-bond donors (Lipinski definition) is 1. The highest BCUT2D eigenvalue weighted by Gasteiger charge is 2.61. The molecule has 0 amide bonds. The zero-order valence-corrected chi connectivity index (χ0v) is 21.8. The molecule has 0 aromatic carbocycles. The van der Waals surface area contributed by atoms with Crippen molar-refractivity contribution in [2.75, 3.05) is 0 Å². The second-order valence-corrected chi connectivity index (χ2v) is 12.6. The van der Waals surface area contributed by atoms with E-state index in [1.807, 2.05) is 13.8 Å². The molecule has 190 valence electrons. The van der Waals surface area contributed by atoms with E-state index in [2.05, 4.69) is 19.1 Å². The first-order valence-electron chi connectivity index (χ1n) is 13.4. The first-order valence-corrected chi connectivity index (χ1v) is 13.4. The average Bonchev–Trinajstić information content (AvgIpc) is 3.34. The zero-order valence-electron chi connectivity index (χ0n) is 21.8. The van der Waals surface area contributed by atoms with Gasteiger partial charge in [-0.2, -0.15) is 0 Å². The Morgan fingerprint density at radius 2 is 1.65 bits per heavy atom. The second kappa shape index (κ2) is 9.44. The van der Waals surface area contributed by atoms with E-state index in [1.165, 1.54) is 57.9 Å². The Kier molecular flexibility index (Phi) is 7.07. The molecular weight excluding hydrogens is 428 g/mol. The number of hydrogen-bond acceptors (Lipinski definition) is 5. The maximum Gasteiger partial charge on any atom is 0.302 e. The van der Waals surface area contributed by atoms with Gasteiger partial charge in [0.05, 0.1) is 5.60 Å². The van der Waals surface area contributed by atoms with E-state index in [0.717, 1.165) is 12.8 Å². The third-order valence-electron chi connectivity index (χ3n) is 9.08. The molecule has 0 aromatic rings. The van der Waals surface area contributed by atoms with Crippen LogP contribution in [0.15, 0.2) is 23.3 Å². The standard InChI is InChI=1S/C29H44O5/c1-19(30)33-23-15-21(16-24(17-23)34-20(2)31)8-9-22-7-6-12-28(5)25(22)10-11-26(28)29(13-14-29)18-27(3,4)32/h8-9,23-26,32H,6-7,10-18H2,1-5H3/b21-8-,22-9+/t23?,24-,25?,26?,28+/m1/s1. The molecule has 0 radical (unpaired) electrons. The molecule has 0 bridgehead atoms. The van der Waals surface area contributed by atoms with E-state index in [4.69, 9.17) is 9.47 Å². The summed E-state index contributed by atoms with van der Waals surface area (Å²) in [7, 11) is 0. The second-order valence-electron chi connectivity index (χ2n) is 12.6. The number of carbonyl (C=O) groups is 2. The highest BCUT2D eigenvalue weighted by atomic mass is 16.6. The SMILES string of the molecule is CC(=O)OC1C/C(=C/C=C2\CCC[C@@]3(C)C2CCC3C2(CC(C)(C)O)CC2)C[C@@H](OC(C)=O)C1. The van der Waals surface area contributed by atoms with Crippen molar-refractivity contribution in [3.63, 3.8) is 0 Å². The quantitative estimate of drug-likeness (QED) is 0.477. The Hall–Kier alpha value is -1.62. The summed E-state index contributed by atoms with van der Waals surface area (Å²) in [6, 6.07) is 0. The highest BCUT2D eigenvalue weighted by molar-refractivity contribution is 5.67. The molecule has 0 aromatic heterocycles. The van der Waals surface area contributed by atoms with Crippen LogP contribution < -0.4 is 0 Å². The van der Waals surface area contributed by atoms with E-state index in [0.29, 0.717) is 41.9 Å². The monoisotopic (exact) mass is 472 g/mol. The van der Waals surface area contributed by atoms with E-state index in [1.54, 1.807) is 5.57 Å². The van der Waals surface area contributed by atoms with Crippen LogP contribution in [0.2, 0.25) is 0 Å². The van der Waals surface area contributed by atoms with Crippen molar-refractivity contribution in [1.82, 2.24) is 0 Å². The summed E-state index contributed by atoms with van der Waals surface area (Å²) in [5, 5.41) is 10.6. The van der Waals surface area contributed by atoms with Crippen molar-refractivity contribution in [2.24, 2.45) is 22.7 Å². The van der Waals surface area contributed by atoms with Crippen LogP contribution in [0.4, 0.5) is 0 Å². The van der Waals surface area contributed by atoms with Gasteiger partial charge in [-0.1, -0.05) is 30.2 Å². The topological polar surface area (TPSA) is 72.8 Å². The molecule has 34 heavy (non-hydrogen) atoms. The Bertz CT molecular complexity index is 832. The maximum atomic E-state index is 11.5. The van der Waals surface area contributed by atoms with E-state index < -0.39 is 5.60 Å². The van der Waals surface area contributed by atoms with Gasteiger partial charge in [-0.3, -0.25) is 9.59 Å². The predicted octanol–water partition coefficient (Wildman–Crippen LogP) is 6.04. The molecule has 4 aliphatic rings. The van der Waals surface area contributed by atoms with Crippen molar-refractivity contribution in [1.29, 1.82) is 0 Å². The largest absolute Gasteiger partial charge is 0.462 e. The van der Waals surface area contributed by atoms with E-state index in [9.17, 15) is 14.7 Å². The smallest absolute Gasteiger partial charge is 0.302 e. The summed E-state index contributed by atoms with van der Waals surface area (Å²) in [5.41, 5.74) is 2.80. The predicted molar refractivity (Wildman–Crippen MR) is 132 cm³/mol.